The van der Waals surface area contributed by atoms with Gasteiger partial charge in [0.15, 0.2) is 0 Å². The van der Waals surface area contributed by atoms with Crippen molar-refractivity contribution in [2.75, 3.05) is 20.2 Å². The molecule has 0 fully saturated rings. The van der Waals surface area contributed by atoms with Gasteiger partial charge in [0.1, 0.15) is 12.2 Å². The second kappa shape index (κ2) is 5.93. The summed E-state index contributed by atoms with van der Waals surface area (Å²) >= 11 is 0. The van der Waals surface area contributed by atoms with Crippen molar-refractivity contribution in [3.8, 4) is 0 Å². The van der Waals surface area contributed by atoms with Crippen molar-refractivity contribution in [2.45, 2.75) is 6.92 Å². The molecule has 1 rings (SSSR count). The van der Waals surface area contributed by atoms with Gasteiger partial charge in [0.05, 0.1) is 6.61 Å². The molecule has 0 bridgehead atoms. The maximum atomic E-state index is 12.8. The maximum Gasteiger partial charge on any atom is 0.325 e. The predicted octanol–water partition coefficient (Wildman–Crippen LogP) is 0.856. The highest BCUT2D eigenvalue weighted by Gasteiger charge is 2.16. The fraction of sp³-hybridized carbons (Fsp3) is 0.364. The Bertz CT molecular complexity index is 423. The summed E-state index contributed by atoms with van der Waals surface area (Å²) in [5.41, 5.74) is -0.0446. The molecule has 0 unspecified atom stereocenters. The Morgan fingerprint density at radius 1 is 1.47 bits per heavy atom. The molecule has 1 amide bonds. The summed E-state index contributed by atoms with van der Waals surface area (Å²) in [6.45, 7) is 1.73. The number of amides is 1. The van der Waals surface area contributed by atoms with Gasteiger partial charge < -0.3 is 9.64 Å². The summed E-state index contributed by atoms with van der Waals surface area (Å²) in [5, 5.41) is 0. The van der Waals surface area contributed by atoms with Crippen molar-refractivity contribution < 1.29 is 18.7 Å². The van der Waals surface area contributed by atoms with Crippen molar-refractivity contribution in [1.82, 2.24) is 9.88 Å². The Kier molecular flexibility index (Phi) is 4.56. The van der Waals surface area contributed by atoms with Gasteiger partial charge >= 0.3 is 5.97 Å². The van der Waals surface area contributed by atoms with Gasteiger partial charge in [-0.1, -0.05) is 6.07 Å². The number of carbonyl (C=O) groups excluding carboxylic acids is 2. The zero-order chi connectivity index (χ0) is 12.8. The minimum atomic E-state index is -0.736. The molecule has 0 aromatic carbocycles. The summed E-state index contributed by atoms with van der Waals surface area (Å²) in [4.78, 5) is 27.4. The highest BCUT2D eigenvalue weighted by molar-refractivity contribution is 5.94. The first-order valence-electron chi connectivity index (χ1n) is 5.08. The molecule has 6 heteroatoms. The van der Waals surface area contributed by atoms with Crippen LogP contribution in [0, 0.1) is 5.95 Å². The lowest BCUT2D eigenvalue weighted by atomic mass is 10.3. The van der Waals surface area contributed by atoms with Crippen molar-refractivity contribution in [1.29, 1.82) is 0 Å². The summed E-state index contributed by atoms with van der Waals surface area (Å²) in [5.74, 6) is -1.78. The fourth-order valence-corrected chi connectivity index (χ4v) is 1.20. The summed E-state index contributed by atoms with van der Waals surface area (Å²) in [6.07, 6.45) is 0. The largest absolute Gasteiger partial charge is 0.465 e. The van der Waals surface area contributed by atoms with Crippen LogP contribution in [-0.4, -0.2) is 42.0 Å². The molecule has 1 aromatic rings. The molecule has 1 aromatic heterocycles. The number of halogens is 1. The van der Waals surface area contributed by atoms with Crippen LogP contribution in [-0.2, 0) is 9.53 Å². The molecule has 0 aliphatic heterocycles. The number of esters is 1. The van der Waals surface area contributed by atoms with Crippen LogP contribution in [0.3, 0.4) is 0 Å². The third kappa shape index (κ3) is 3.82. The average Bonchev–Trinajstić information content (AvgIpc) is 2.28. The summed E-state index contributed by atoms with van der Waals surface area (Å²) in [6, 6.07) is 3.91. The van der Waals surface area contributed by atoms with Gasteiger partial charge in [0.2, 0.25) is 5.95 Å². The van der Waals surface area contributed by atoms with Crippen LogP contribution < -0.4 is 0 Å². The van der Waals surface area contributed by atoms with Crippen LogP contribution in [0.1, 0.15) is 17.4 Å². The highest BCUT2D eigenvalue weighted by Crippen LogP contribution is 2.02. The lowest BCUT2D eigenvalue weighted by molar-refractivity contribution is -0.143. The van der Waals surface area contributed by atoms with Crippen molar-refractivity contribution in [3.05, 3.63) is 29.8 Å². The number of hydrogen-bond acceptors (Lipinski definition) is 4. The smallest absolute Gasteiger partial charge is 0.325 e. The van der Waals surface area contributed by atoms with E-state index in [1.54, 1.807) is 6.92 Å². The number of aromatic nitrogens is 1. The minimum Gasteiger partial charge on any atom is -0.465 e. The zero-order valence-electron chi connectivity index (χ0n) is 9.64. The van der Waals surface area contributed by atoms with Crippen LogP contribution in [0.25, 0.3) is 0 Å². The van der Waals surface area contributed by atoms with E-state index in [-0.39, 0.29) is 18.8 Å². The molecular weight excluding hydrogens is 227 g/mol. The lowest BCUT2D eigenvalue weighted by Gasteiger charge is -2.15. The van der Waals surface area contributed by atoms with E-state index < -0.39 is 17.8 Å². The van der Waals surface area contributed by atoms with Gasteiger partial charge in [-0.05, 0) is 19.1 Å². The summed E-state index contributed by atoms with van der Waals surface area (Å²) in [7, 11) is 1.42. The quantitative estimate of drug-likeness (QED) is 0.578. The Balaban J connectivity index is 2.67. The molecule has 5 nitrogen and oxygen atoms in total. The molecule has 1 heterocycles. The number of nitrogens with zero attached hydrogens (tertiary/aromatic N) is 2. The van der Waals surface area contributed by atoms with Gasteiger partial charge in [-0.3, -0.25) is 9.59 Å². The van der Waals surface area contributed by atoms with Crippen LogP contribution in [0.5, 0.6) is 0 Å². The molecular formula is C11H13FN2O3. The number of pyridine rings is 1. The van der Waals surface area contributed by atoms with E-state index in [9.17, 15) is 14.0 Å². The van der Waals surface area contributed by atoms with Crippen molar-refractivity contribution in [2.24, 2.45) is 0 Å². The van der Waals surface area contributed by atoms with E-state index in [4.69, 9.17) is 4.74 Å². The first-order chi connectivity index (χ1) is 8.04. The number of rotatable bonds is 4. The minimum absolute atomic E-state index is 0.0446. The molecule has 17 heavy (non-hydrogen) atoms. The van der Waals surface area contributed by atoms with Crippen molar-refractivity contribution in [3.63, 3.8) is 0 Å². The second-order valence-electron chi connectivity index (χ2n) is 3.31. The molecule has 0 radical (unpaired) electrons. The van der Waals surface area contributed by atoms with Crippen LogP contribution >= 0.6 is 0 Å². The van der Waals surface area contributed by atoms with E-state index in [1.807, 2.05) is 0 Å². The third-order valence-electron chi connectivity index (χ3n) is 1.95. The Hall–Kier alpha value is -1.98. The van der Waals surface area contributed by atoms with Gasteiger partial charge in [0, 0.05) is 7.05 Å². The predicted molar refractivity (Wildman–Crippen MR) is 57.8 cm³/mol. The van der Waals surface area contributed by atoms with E-state index in [2.05, 4.69) is 4.98 Å². The molecule has 0 N–H and O–H groups in total. The molecule has 92 valence electrons. The second-order valence-corrected chi connectivity index (χ2v) is 3.31. The third-order valence-corrected chi connectivity index (χ3v) is 1.95. The average molecular weight is 240 g/mol. The van der Waals surface area contributed by atoms with E-state index >= 15 is 0 Å². The number of hydrogen-bond donors (Lipinski definition) is 0. The highest BCUT2D eigenvalue weighted by atomic mass is 19.1. The van der Waals surface area contributed by atoms with E-state index in [0.717, 1.165) is 11.0 Å². The Labute approximate surface area is 98.2 Å². The molecule has 0 saturated carbocycles. The fourth-order valence-electron chi connectivity index (χ4n) is 1.20. The number of likely N-dealkylation sites (N-methyl/N-ethyl adjacent to an activating group) is 1. The van der Waals surface area contributed by atoms with E-state index in [1.165, 1.54) is 19.2 Å². The van der Waals surface area contributed by atoms with E-state index in [0.29, 0.717) is 0 Å². The number of ether oxygens (including phenoxy) is 1. The van der Waals surface area contributed by atoms with Gasteiger partial charge in [-0.2, -0.15) is 4.39 Å². The Morgan fingerprint density at radius 3 is 2.76 bits per heavy atom. The molecule has 0 saturated heterocycles. The van der Waals surface area contributed by atoms with Gasteiger partial charge in [-0.25, -0.2) is 4.98 Å². The van der Waals surface area contributed by atoms with Gasteiger partial charge in [-0.15, -0.1) is 0 Å². The van der Waals surface area contributed by atoms with Crippen molar-refractivity contribution >= 4 is 11.9 Å². The monoisotopic (exact) mass is 240 g/mol. The number of carbonyl (C=O) groups is 2. The lowest BCUT2D eigenvalue weighted by Crippen LogP contribution is -2.33. The molecule has 0 aliphatic carbocycles. The zero-order valence-corrected chi connectivity index (χ0v) is 9.64. The van der Waals surface area contributed by atoms with Gasteiger partial charge in [0.25, 0.3) is 5.91 Å². The molecule has 0 atom stereocenters. The summed E-state index contributed by atoms with van der Waals surface area (Å²) < 4.78 is 17.5. The maximum absolute atomic E-state index is 12.8. The van der Waals surface area contributed by atoms with Crippen LogP contribution in [0.4, 0.5) is 4.39 Å². The first-order valence-corrected chi connectivity index (χ1v) is 5.08. The first kappa shape index (κ1) is 13.1. The molecule has 0 aliphatic rings. The topological polar surface area (TPSA) is 59.5 Å². The SMILES string of the molecule is CCOC(=O)CN(C)C(=O)c1cccc(F)n1. The van der Waals surface area contributed by atoms with Crippen LogP contribution in [0.2, 0.25) is 0 Å². The molecule has 0 spiro atoms. The Morgan fingerprint density at radius 2 is 2.18 bits per heavy atom. The standard InChI is InChI=1S/C11H13FN2O3/c1-3-17-10(15)7-14(2)11(16)8-5-4-6-9(12)13-8/h4-6H,3,7H2,1-2H3. The van der Waals surface area contributed by atoms with Crippen LogP contribution in [0.15, 0.2) is 18.2 Å². The normalized spacial score (nSPS) is 9.82.